The van der Waals surface area contributed by atoms with Gasteiger partial charge in [-0.2, -0.15) is 0 Å². The minimum atomic E-state index is -0.342. The highest BCUT2D eigenvalue weighted by Gasteiger charge is 2.19. The van der Waals surface area contributed by atoms with E-state index in [9.17, 15) is 4.39 Å². The summed E-state index contributed by atoms with van der Waals surface area (Å²) in [7, 11) is 1.91. The Kier molecular flexibility index (Phi) is 5.23. The second-order valence-electron chi connectivity index (χ2n) is 4.02. The van der Waals surface area contributed by atoms with Crippen molar-refractivity contribution >= 4 is 11.6 Å². The Morgan fingerprint density at radius 3 is 2.38 bits per heavy atom. The lowest BCUT2D eigenvalue weighted by atomic mass is 9.89. The molecule has 0 amide bonds. The number of hydrogen-bond donors (Lipinski definition) is 1. The van der Waals surface area contributed by atoms with Gasteiger partial charge in [-0.1, -0.05) is 44.4 Å². The number of benzene rings is 1. The Balaban J connectivity index is 2.98. The molecule has 1 aromatic rings. The lowest BCUT2D eigenvalue weighted by Gasteiger charge is -2.25. The normalized spacial score (nSPS) is 13.1. The molecule has 0 saturated carbocycles. The average Bonchev–Trinajstić information content (AvgIpc) is 2.29. The molecule has 0 aromatic heterocycles. The number of nitrogens with one attached hydrogen (secondary N) is 1. The van der Waals surface area contributed by atoms with Crippen LogP contribution in [0.2, 0.25) is 5.02 Å². The van der Waals surface area contributed by atoms with Crippen LogP contribution >= 0.6 is 11.6 Å². The summed E-state index contributed by atoms with van der Waals surface area (Å²) in [6.07, 6.45) is 2.15. The Hall–Kier alpha value is -0.600. The van der Waals surface area contributed by atoms with Gasteiger partial charge in [-0.05, 0) is 30.7 Å². The smallest absolute Gasteiger partial charge is 0.142 e. The van der Waals surface area contributed by atoms with Crippen LogP contribution in [0.5, 0.6) is 0 Å². The molecule has 1 nitrogen and oxygen atoms in total. The van der Waals surface area contributed by atoms with Crippen LogP contribution in [0, 0.1) is 11.7 Å². The quantitative estimate of drug-likeness (QED) is 0.818. The molecule has 0 heterocycles. The van der Waals surface area contributed by atoms with Gasteiger partial charge in [0.1, 0.15) is 5.82 Å². The largest absolute Gasteiger partial charge is 0.313 e. The highest BCUT2D eigenvalue weighted by Crippen LogP contribution is 2.28. The zero-order valence-electron chi connectivity index (χ0n) is 10.1. The van der Waals surface area contributed by atoms with Crippen molar-refractivity contribution in [3.8, 4) is 0 Å². The fourth-order valence-corrected chi connectivity index (χ4v) is 2.26. The van der Waals surface area contributed by atoms with Crippen molar-refractivity contribution in [3.63, 3.8) is 0 Å². The summed E-state index contributed by atoms with van der Waals surface area (Å²) in [5, 5.41) is 3.44. The minimum Gasteiger partial charge on any atom is -0.313 e. The van der Waals surface area contributed by atoms with E-state index < -0.39 is 0 Å². The van der Waals surface area contributed by atoms with Crippen molar-refractivity contribution in [2.75, 3.05) is 7.05 Å². The number of rotatable bonds is 5. The Bertz CT molecular complexity index is 337. The molecule has 0 aliphatic rings. The minimum absolute atomic E-state index is 0.183. The summed E-state index contributed by atoms with van der Waals surface area (Å²) in [5.74, 6) is 0.177. The van der Waals surface area contributed by atoms with E-state index in [2.05, 4.69) is 19.2 Å². The maximum Gasteiger partial charge on any atom is 0.142 e. The van der Waals surface area contributed by atoms with Gasteiger partial charge >= 0.3 is 0 Å². The van der Waals surface area contributed by atoms with E-state index in [0.717, 1.165) is 18.4 Å². The molecule has 1 rings (SSSR count). The van der Waals surface area contributed by atoms with E-state index in [4.69, 9.17) is 11.6 Å². The maximum absolute atomic E-state index is 13.4. The van der Waals surface area contributed by atoms with Gasteiger partial charge in [0.2, 0.25) is 0 Å². The second-order valence-corrected chi connectivity index (χ2v) is 4.42. The third-order valence-corrected chi connectivity index (χ3v) is 3.44. The molecule has 16 heavy (non-hydrogen) atoms. The highest BCUT2D eigenvalue weighted by atomic mass is 35.5. The lowest BCUT2D eigenvalue weighted by molar-refractivity contribution is 0.358. The highest BCUT2D eigenvalue weighted by molar-refractivity contribution is 6.30. The van der Waals surface area contributed by atoms with Crippen LogP contribution in [-0.2, 0) is 0 Å². The molecule has 0 radical (unpaired) electrons. The number of hydrogen-bond acceptors (Lipinski definition) is 1. The van der Waals surface area contributed by atoms with E-state index in [1.165, 1.54) is 6.07 Å². The molecule has 90 valence electrons. The predicted molar refractivity (Wildman–Crippen MR) is 67.3 cm³/mol. The van der Waals surface area contributed by atoms with Gasteiger partial charge in [-0.3, -0.25) is 0 Å². The van der Waals surface area contributed by atoms with Gasteiger partial charge in [0.05, 0.1) is 5.02 Å². The van der Waals surface area contributed by atoms with Crippen LogP contribution in [0.25, 0.3) is 0 Å². The van der Waals surface area contributed by atoms with Crippen LogP contribution in [0.1, 0.15) is 38.3 Å². The summed E-state index contributed by atoms with van der Waals surface area (Å²) in [6.45, 7) is 4.32. The molecule has 0 saturated heterocycles. The molecule has 1 N–H and O–H groups in total. The first-order valence-corrected chi connectivity index (χ1v) is 6.14. The van der Waals surface area contributed by atoms with Gasteiger partial charge in [-0.25, -0.2) is 4.39 Å². The zero-order chi connectivity index (χ0) is 12.1. The van der Waals surface area contributed by atoms with E-state index in [0.29, 0.717) is 5.92 Å². The molecule has 1 aromatic carbocycles. The topological polar surface area (TPSA) is 12.0 Å². The van der Waals surface area contributed by atoms with Gasteiger partial charge in [-0.15, -0.1) is 0 Å². The maximum atomic E-state index is 13.4. The molecule has 1 atom stereocenters. The molecule has 0 spiro atoms. The van der Waals surface area contributed by atoms with Crippen molar-refractivity contribution in [2.45, 2.75) is 32.7 Å². The first-order valence-electron chi connectivity index (χ1n) is 5.76. The Morgan fingerprint density at radius 1 is 1.31 bits per heavy atom. The van der Waals surface area contributed by atoms with E-state index in [-0.39, 0.29) is 16.9 Å². The SMILES string of the molecule is CCC(CC)C(NC)c1ccc(Cl)c(F)c1. The monoisotopic (exact) mass is 243 g/mol. The Morgan fingerprint density at radius 2 is 1.94 bits per heavy atom. The van der Waals surface area contributed by atoms with Gasteiger partial charge < -0.3 is 5.32 Å². The number of halogens is 2. The van der Waals surface area contributed by atoms with Crippen molar-refractivity contribution in [1.82, 2.24) is 5.32 Å². The summed E-state index contributed by atoms with van der Waals surface area (Å²) in [6, 6.07) is 5.24. The van der Waals surface area contributed by atoms with Gasteiger partial charge in [0.25, 0.3) is 0 Å². The van der Waals surface area contributed by atoms with Crippen LogP contribution in [0.15, 0.2) is 18.2 Å². The Labute approximate surface area is 102 Å². The molecule has 0 fully saturated rings. The molecule has 1 unspecified atom stereocenters. The molecular weight excluding hydrogens is 225 g/mol. The van der Waals surface area contributed by atoms with Crippen LogP contribution in [0.3, 0.4) is 0 Å². The molecule has 0 aliphatic carbocycles. The zero-order valence-corrected chi connectivity index (χ0v) is 10.8. The molecule has 3 heteroatoms. The van der Waals surface area contributed by atoms with E-state index in [1.54, 1.807) is 6.07 Å². The van der Waals surface area contributed by atoms with Gasteiger partial charge in [0, 0.05) is 6.04 Å². The molecule has 0 bridgehead atoms. The second kappa shape index (κ2) is 6.21. The summed E-state index contributed by atoms with van der Waals surface area (Å²) in [4.78, 5) is 0. The van der Waals surface area contributed by atoms with Gasteiger partial charge in [0.15, 0.2) is 0 Å². The van der Waals surface area contributed by atoms with Crippen molar-refractivity contribution in [2.24, 2.45) is 5.92 Å². The lowest BCUT2D eigenvalue weighted by Crippen LogP contribution is -2.24. The third kappa shape index (κ3) is 2.96. The first kappa shape index (κ1) is 13.5. The van der Waals surface area contributed by atoms with Crippen LogP contribution in [0.4, 0.5) is 4.39 Å². The fourth-order valence-electron chi connectivity index (χ4n) is 2.14. The van der Waals surface area contributed by atoms with Crippen LogP contribution in [-0.4, -0.2) is 7.05 Å². The first-order chi connectivity index (χ1) is 7.63. The standard InChI is InChI=1S/C13H19ClFN/c1-4-9(5-2)13(16-3)10-6-7-11(14)12(15)8-10/h6-9,13,16H,4-5H2,1-3H3. The summed E-state index contributed by atoms with van der Waals surface area (Å²) >= 11 is 5.68. The van der Waals surface area contributed by atoms with E-state index in [1.807, 2.05) is 13.1 Å². The summed E-state index contributed by atoms with van der Waals surface area (Å²) in [5.41, 5.74) is 0.970. The van der Waals surface area contributed by atoms with Crippen molar-refractivity contribution < 1.29 is 4.39 Å². The summed E-state index contributed by atoms with van der Waals surface area (Å²) < 4.78 is 13.4. The van der Waals surface area contributed by atoms with Crippen molar-refractivity contribution in [3.05, 3.63) is 34.6 Å². The van der Waals surface area contributed by atoms with E-state index >= 15 is 0 Å². The predicted octanol–water partition coefficient (Wildman–Crippen LogP) is 4.18. The fraction of sp³-hybridized carbons (Fsp3) is 0.538. The third-order valence-electron chi connectivity index (χ3n) is 3.13. The average molecular weight is 244 g/mol. The van der Waals surface area contributed by atoms with Crippen molar-refractivity contribution in [1.29, 1.82) is 0 Å². The van der Waals surface area contributed by atoms with Crippen LogP contribution < -0.4 is 5.32 Å². The molecule has 0 aliphatic heterocycles. The molecular formula is C13H19ClFN.